The molecule has 156 valence electrons. The summed E-state index contributed by atoms with van der Waals surface area (Å²) in [5.41, 5.74) is 1.24. The van der Waals surface area contributed by atoms with Gasteiger partial charge in [-0.2, -0.15) is 0 Å². The van der Waals surface area contributed by atoms with E-state index in [0.29, 0.717) is 23.3 Å². The Kier molecular flexibility index (Phi) is 8.06. The van der Waals surface area contributed by atoms with E-state index in [2.05, 4.69) is 0 Å². The molecule has 0 radical (unpaired) electrons. The first-order valence-electron chi connectivity index (χ1n) is 10.2. The van der Waals surface area contributed by atoms with Gasteiger partial charge in [0.05, 0.1) is 0 Å². The summed E-state index contributed by atoms with van der Waals surface area (Å²) in [6, 6.07) is 26.9. The van der Waals surface area contributed by atoms with Crippen molar-refractivity contribution in [1.82, 2.24) is 0 Å². The number of hydrogen-bond acceptors (Lipinski definition) is 4. The molecule has 0 amide bonds. The number of allylic oxidation sites excluding steroid dienone is 1. The molecule has 4 nitrogen and oxygen atoms in total. The van der Waals surface area contributed by atoms with Gasteiger partial charge in [-0.1, -0.05) is 84.9 Å². The maximum Gasteiger partial charge on any atom is 0.335 e. The van der Waals surface area contributed by atoms with Crippen LogP contribution in [0.3, 0.4) is 0 Å². The van der Waals surface area contributed by atoms with Crippen molar-refractivity contribution in [3.05, 3.63) is 114 Å². The van der Waals surface area contributed by atoms with Gasteiger partial charge in [0.1, 0.15) is 5.75 Å². The Hall–Kier alpha value is -3.79. The average molecular weight is 412 g/mol. The number of ketones is 2. The minimum absolute atomic E-state index is 0.0216. The van der Waals surface area contributed by atoms with Gasteiger partial charge >= 0.3 is 5.97 Å². The van der Waals surface area contributed by atoms with Crippen LogP contribution in [0.2, 0.25) is 0 Å². The molecular weight excluding hydrogens is 388 g/mol. The van der Waals surface area contributed by atoms with Crippen molar-refractivity contribution in [3.63, 3.8) is 0 Å². The van der Waals surface area contributed by atoms with E-state index in [-0.39, 0.29) is 30.3 Å². The van der Waals surface area contributed by atoms with E-state index in [9.17, 15) is 14.4 Å². The molecule has 3 rings (SSSR count). The highest BCUT2D eigenvalue weighted by Gasteiger charge is 2.19. The highest BCUT2D eigenvalue weighted by atomic mass is 16.5. The van der Waals surface area contributed by atoms with Crippen molar-refractivity contribution in [1.29, 1.82) is 0 Å². The molecule has 0 heterocycles. The van der Waals surface area contributed by atoms with Crippen molar-refractivity contribution in [2.24, 2.45) is 5.92 Å². The van der Waals surface area contributed by atoms with Crippen molar-refractivity contribution in [2.45, 2.75) is 19.3 Å². The zero-order valence-electron chi connectivity index (χ0n) is 17.1. The van der Waals surface area contributed by atoms with Crippen LogP contribution in [0, 0.1) is 5.92 Å². The first kappa shape index (κ1) is 21.9. The van der Waals surface area contributed by atoms with E-state index in [4.69, 9.17) is 4.74 Å². The smallest absolute Gasteiger partial charge is 0.335 e. The van der Waals surface area contributed by atoms with Crippen molar-refractivity contribution < 1.29 is 19.1 Å². The van der Waals surface area contributed by atoms with Crippen molar-refractivity contribution >= 4 is 17.5 Å². The summed E-state index contributed by atoms with van der Waals surface area (Å²) in [5.74, 6) is -0.291. The molecule has 4 heteroatoms. The Balaban J connectivity index is 1.65. The van der Waals surface area contributed by atoms with Crippen molar-refractivity contribution in [2.75, 3.05) is 0 Å². The Morgan fingerprint density at radius 3 is 1.61 bits per heavy atom. The third-order valence-corrected chi connectivity index (χ3v) is 4.82. The molecule has 0 aliphatic heterocycles. The number of Topliss-reactive ketones (excluding diaryl/α,β-unsaturated/α-hetero) is 2. The molecule has 3 aromatic carbocycles. The summed E-state index contributed by atoms with van der Waals surface area (Å²) >= 11 is 0. The normalized spacial score (nSPS) is 10.9. The molecule has 0 N–H and O–H groups in total. The van der Waals surface area contributed by atoms with Gasteiger partial charge in [0.25, 0.3) is 0 Å². The van der Waals surface area contributed by atoms with Crippen LogP contribution < -0.4 is 4.74 Å². The number of benzene rings is 3. The van der Waals surface area contributed by atoms with Gasteiger partial charge in [-0.05, 0) is 24.5 Å². The summed E-state index contributed by atoms with van der Waals surface area (Å²) in [6.07, 6.45) is 3.88. The molecule has 0 fully saturated rings. The topological polar surface area (TPSA) is 60.4 Å². The fourth-order valence-electron chi connectivity index (χ4n) is 3.24. The quantitative estimate of drug-likeness (QED) is 0.185. The minimum Gasteiger partial charge on any atom is -0.423 e. The average Bonchev–Trinajstić information content (AvgIpc) is 2.80. The number of ether oxygens (including phenoxy) is 1. The van der Waals surface area contributed by atoms with E-state index in [1.54, 1.807) is 54.6 Å². The summed E-state index contributed by atoms with van der Waals surface area (Å²) in [6.45, 7) is 0. The van der Waals surface area contributed by atoms with Crippen LogP contribution in [0.5, 0.6) is 5.75 Å². The molecule has 0 aliphatic carbocycles. The van der Waals surface area contributed by atoms with Crippen LogP contribution in [-0.4, -0.2) is 17.5 Å². The van der Waals surface area contributed by atoms with E-state index in [1.165, 1.54) is 6.08 Å². The monoisotopic (exact) mass is 412 g/mol. The van der Waals surface area contributed by atoms with Gasteiger partial charge in [-0.3, -0.25) is 9.59 Å². The highest BCUT2D eigenvalue weighted by Crippen LogP contribution is 2.21. The lowest BCUT2D eigenvalue weighted by Gasteiger charge is -2.14. The predicted octanol–water partition coefficient (Wildman–Crippen LogP) is 5.70. The molecule has 0 spiro atoms. The number of para-hydroxylation sites is 1. The number of rotatable bonds is 10. The molecule has 0 saturated carbocycles. The largest absolute Gasteiger partial charge is 0.423 e. The number of carbonyl (C=O) groups is 3. The second-order valence-electron chi connectivity index (χ2n) is 7.22. The SMILES string of the molecule is O=C(/C=C/CC(CC(=O)c1ccccc1)CC(=O)c1ccccc1)Oc1ccccc1. The molecule has 0 bridgehead atoms. The van der Waals surface area contributed by atoms with Gasteiger partial charge in [-0.25, -0.2) is 4.79 Å². The fourth-order valence-corrected chi connectivity index (χ4v) is 3.24. The molecule has 3 aromatic rings. The maximum atomic E-state index is 12.7. The Bertz CT molecular complexity index is 971. The summed E-state index contributed by atoms with van der Waals surface area (Å²) in [5, 5.41) is 0. The fraction of sp³-hybridized carbons (Fsp3) is 0.148. The third-order valence-electron chi connectivity index (χ3n) is 4.82. The van der Waals surface area contributed by atoms with E-state index >= 15 is 0 Å². The minimum atomic E-state index is -0.492. The van der Waals surface area contributed by atoms with Crippen molar-refractivity contribution in [3.8, 4) is 5.75 Å². The summed E-state index contributed by atoms with van der Waals surface area (Å²) < 4.78 is 5.24. The second kappa shape index (κ2) is 11.4. The molecule has 31 heavy (non-hydrogen) atoms. The van der Waals surface area contributed by atoms with Crippen LogP contribution in [-0.2, 0) is 4.79 Å². The van der Waals surface area contributed by atoms with Gasteiger partial charge in [-0.15, -0.1) is 0 Å². The lowest BCUT2D eigenvalue weighted by atomic mass is 9.89. The maximum absolute atomic E-state index is 12.7. The van der Waals surface area contributed by atoms with Gasteiger partial charge in [0.15, 0.2) is 11.6 Å². The predicted molar refractivity (Wildman–Crippen MR) is 120 cm³/mol. The molecule has 0 atom stereocenters. The van der Waals surface area contributed by atoms with E-state index in [1.807, 2.05) is 42.5 Å². The highest BCUT2D eigenvalue weighted by molar-refractivity contribution is 5.98. The Morgan fingerprint density at radius 2 is 1.13 bits per heavy atom. The standard InChI is InChI=1S/C27H24O4/c28-25(22-12-4-1-5-13-22)19-21(20-26(29)23-14-6-2-7-15-23)11-10-18-27(30)31-24-16-8-3-9-17-24/h1-10,12-18,21H,11,19-20H2/b18-10+. The van der Waals surface area contributed by atoms with Crippen LogP contribution in [0.1, 0.15) is 40.0 Å². The Morgan fingerprint density at radius 1 is 0.677 bits per heavy atom. The van der Waals surface area contributed by atoms with Gasteiger partial charge < -0.3 is 4.74 Å². The molecule has 0 aliphatic rings. The van der Waals surface area contributed by atoms with Gasteiger partial charge in [0.2, 0.25) is 0 Å². The third kappa shape index (κ3) is 7.19. The van der Waals surface area contributed by atoms with Crippen LogP contribution >= 0.6 is 0 Å². The van der Waals surface area contributed by atoms with Gasteiger partial charge in [0, 0.05) is 30.0 Å². The van der Waals surface area contributed by atoms with E-state index < -0.39 is 5.97 Å². The first-order chi connectivity index (χ1) is 15.1. The number of esters is 1. The number of hydrogen-bond donors (Lipinski definition) is 0. The molecule has 0 saturated heterocycles. The lowest BCUT2D eigenvalue weighted by Crippen LogP contribution is -2.14. The molecule has 0 aromatic heterocycles. The zero-order chi connectivity index (χ0) is 21.9. The lowest BCUT2D eigenvalue weighted by molar-refractivity contribution is -0.129. The summed E-state index contributed by atoms with van der Waals surface area (Å²) in [7, 11) is 0. The molecular formula is C27H24O4. The Labute approximate surface area is 182 Å². The van der Waals surface area contributed by atoms with Crippen LogP contribution in [0.4, 0.5) is 0 Å². The molecule has 0 unspecified atom stereocenters. The van der Waals surface area contributed by atoms with E-state index in [0.717, 1.165) is 0 Å². The zero-order valence-corrected chi connectivity index (χ0v) is 17.1. The number of carbonyl (C=O) groups excluding carboxylic acids is 3. The second-order valence-corrected chi connectivity index (χ2v) is 7.22. The van der Waals surface area contributed by atoms with Crippen LogP contribution in [0.15, 0.2) is 103 Å². The summed E-state index contributed by atoms with van der Waals surface area (Å²) in [4.78, 5) is 37.4. The first-order valence-corrected chi connectivity index (χ1v) is 10.2. The van der Waals surface area contributed by atoms with Crippen LogP contribution in [0.25, 0.3) is 0 Å².